The van der Waals surface area contributed by atoms with Gasteiger partial charge in [0.05, 0.1) is 6.61 Å². The Bertz CT molecular complexity index is 225. The first-order valence-electron chi connectivity index (χ1n) is 3.23. The zero-order chi connectivity index (χ0) is 7.40. The summed E-state index contributed by atoms with van der Waals surface area (Å²) < 4.78 is 1.99. The van der Waals surface area contributed by atoms with E-state index in [2.05, 4.69) is 0 Å². The van der Waals surface area contributed by atoms with E-state index in [0.717, 1.165) is 5.69 Å². The van der Waals surface area contributed by atoms with Gasteiger partial charge in [-0.25, -0.2) is 0 Å². The summed E-state index contributed by atoms with van der Waals surface area (Å²) >= 11 is 0. The second-order valence-electron chi connectivity index (χ2n) is 2.13. The Hall–Kier alpha value is -1.02. The van der Waals surface area contributed by atoms with Gasteiger partial charge >= 0.3 is 0 Å². The first kappa shape index (κ1) is 7.09. The van der Waals surface area contributed by atoms with Crippen molar-refractivity contribution in [1.29, 1.82) is 0 Å². The molecule has 0 saturated heterocycles. The Kier molecular flexibility index (Phi) is 2.29. The second-order valence-corrected chi connectivity index (χ2v) is 2.13. The van der Waals surface area contributed by atoms with E-state index in [1.54, 1.807) is 6.08 Å². The highest BCUT2D eigenvalue weighted by atomic mass is 16.2. The lowest BCUT2D eigenvalue weighted by Gasteiger charge is -1.93. The van der Waals surface area contributed by atoms with Crippen molar-refractivity contribution in [3.63, 3.8) is 0 Å². The number of aryl methyl sites for hydroxylation is 1. The molecule has 1 rings (SSSR count). The molecule has 0 radical (unpaired) electrons. The van der Waals surface area contributed by atoms with Crippen molar-refractivity contribution in [3.8, 4) is 0 Å². The van der Waals surface area contributed by atoms with Crippen LogP contribution in [-0.4, -0.2) is 16.3 Å². The summed E-state index contributed by atoms with van der Waals surface area (Å²) in [6.07, 6.45) is 5.58. The standard InChI is InChI=1S/C8H11NO/c1-9-6-2-4-8(9)5-3-7-10/h2-6,10H,7H2,1H3/b5-3+. The van der Waals surface area contributed by atoms with Gasteiger partial charge in [-0.05, 0) is 18.2 Å². The predicted octanol–water partition coefficient (Wildman–Crippen LogP) is 1.03. The second kappa shape index (κ2) is 3.22. The van der Waals surface area contributed by atoms with E-state index in [1.807, 2.05) is 36.0 Å². The molecule has 1 aromatic rings. The van der Waals surface area contributed by atoms with E-state index in [4.69, 9.17) is 5.11 Å². The van der Waals surface area contributed by atoms with E-state index in [1.165, 1.54) is 0 Å². The van der Waals surface area contributed by atoms with Gasteiger partial charge in [-0.15, -0.1) is 0 Å². The van der Waals surface area contributed by atoms with Crippen molar-refractivity contribution < 1.29 is 5.11 Å². The molecule has 0 spiro atoms. The van der Waals surface area contributed by atoms with Crippen molar-refractivity contribution in [2.45, 2.75) is 0 Å². The zero-order valence-electron chi connectivity index (χ0n) is 5.99. The number of aliphatic hydroxyl groups is 1. The van der Waals surface area contributed by atoms with Crippen LogP contribution in [-0.2, 0) is 7.05 Å². The van der Waals surface area contributed by atoms with Crippen molar-refractivity contribution >= 4 is 6.08 Å². The lowest BCUT2D eigenvalue weighted by Crippen LogP contribution is -1.86. The van der Waals surface area contributed by atoms with E-state index in [-0.39, 0.29) is 6.61 Å². The Morgan fingerprint density at radius 1 is 1.70 bits per heavy atom. The maximum atomic E-state index is 8.46. The first-order chi connectivity index (χ1) is 4.84. The quantitative estimate of drug-likeness (QED) is 0.647. The molecule has 2 heteroatoms. The molecule has 2 nitrogen and oxygen atoms in total. The number of hydrogen-bond donors (Lipinski definition) is 1. The van der Waals surface area contributed by atoms with Crippen molar-refractivity contribution in [2.75, 3.05) is 6.61 Å². The van der Waals surface area contributed by atoms with Gasteiger partial charge in [0.15, 0.2) is 0 Å². The summed E-state index contributed by atoms with van der Waals surface area (Å²) in [5.41, 5.74) is 1.11. The summed E-state index contributed by atoms with van der Waals surface area (Å²) in [7, 11) is 1.97. The van der Waals surface area contributed by atoms with Gasteiger partial charge in [0.25, 0.3) is 0 Å². The molecule has 1 aromatic heterocycles. The van der Waals surface area contributed by atoms with Gasteiger partial charge in [-0.1, -0.05) is 6.08 Å². The van der Waals surface area contributed by atoms with Gasteiger partial charge < -0.3 is 9.67 Å². The van der Waals surface area contributed by atoms with Crippen LogP contribution in [0.5, 0.6) is 0 Å². The molecular weight excluding hydrogens is 126 g/mol. The third-order valence-electron chi connectivity index (χ3n) is 1.38. The molecule has 0 bridgehead atoms. The maximum Gasteiger partial charge on any atom is 0.0616 e. The Morgan fingerprint density at radius 2 is 2.50 bits per heavy atom. The number of aromatic nitrogens is 1. The number of hydrogen-bond acceptors (Lipinski definition) is 1. The largest absolute Gasteiger partial charge is 0.392 e. The van der Waals surface area contributed by atoms with Gasteiger partial charge in [0.2, 0.25) is 0 Å². The molecule has 0 aromatic carbocycles. The lowest BCUT2D eigenvalue weighted by molar-refractivity contribution is 0.343. The molecule has 54 valence electrons. The lowest BCUT2D eigenvalue weighted by atomic mass is 10.4. The summed E-state index contributed by atoms with van der Waals surface area (Å²) in [5, 5.41) is 8.46. The Morgan fingerprint density at radius 3 is 3.00 bits per heavy atom. The fraction of sp³-hybridized carbons (Fsp3) is 0.250. The number of rotatable bonds is 2. The smallest absolute Gasteiger partial charge is 0.0616 e. The van der Waals surface area contributed by atoms with Crippen LogP contribution >= 0.6 is 0 Å². The fourth-order valence-electron chi connectivity index (χ4n) is 0.821. The van der Waals surface area contributed by atoms with Crippen LogP contribution in [0, 0.1) is 0 Å². The van der Waals surface area contributed by atoms with Crippen molar-refractivity contribution in [2.24, 2.45) is 7.05 Å². The SMILES string of the molecule is Cn1cccc1/C=C/CO. The van der Waals surface area contributed by atoms with Crippen molar-refractivity contribution in [1.82, 2.24) is 4.57 Å². The molecular formula is C8H11NO. The van der Waals surface area contributed by atoms with Crippen molar-refractivity contribution in [3.05, 3.63) is 30.1 Å². The molecule has 0 saturated carbocycles. The molecule has 0 unspecified atom stereocenters. The highest BCUT2D eigenvalue weighted by molar-refractivity contribution is 5.45. The number of aliphatic hydroxyl groups excluding tert-OH is 1. The average molecular weight is 137 g/mol. The maximum absolute atomic E-state index is 8.46. The minimum Gasteiger partial charge on any atom is -0.392 e. The highest BCUT2D eigenvalue weighted by Gasteiger charge is 1.87. The molecule has 10 heavy (non-hydrogen) atoms. The van der Waals surface area contributed by atoms with Crippen LogP contribution in [0.4, 0.5) is 0 Å². The third-order valence-corrected chi connectivity index (χ3v) is 1.38. The van der Waals surface area contributed by atoms with E-state index >= 15 is 0 Å². The van der Waals surface area contributed by atoms with Crippen LogP contribution in [0.3, 0.4) is 0 Å². The molecule has 0 aliphatic heterocycles. The topological polar surface area (TPSA) is 25.2 Å². The Labute approximate surface area is 60.4 Å². The van der Waals surface area contributed by atoms with E-state index < -0.39 is 0 Å². The van der Waals surface area contributed by atoms with Crippen LogP contribution < -0.4 is 0 Å². The van der Waals surface area contributed by atoms with Gasteiger partial charge in [-0.3, -0.25) is 0 Å². The first-order valence-corrected chi connectivity index (χ1v) is 3.23. The molecule has 0 aliphatic carbocycles. The summed E-state index contributed by atoms with van der Waals surface area (Å²) in [6, 6.07) is 3.96. The molecule has 1 heterocycles. The Balaban J connectivity index is 2.74. The van der Waals surface area contributed by atoms with E-state index in [9.17, 15) is 0 Å². The predicted molar refractivity (Wildman–Crippen MR) is 41.5 cm³/mol. The molecule has 1 N–H and O–H groups in total. The molecule has 0 aliphatic rings. The van der Waals surface area contributed by atoms with Crippen LogP contribution in [0.15, 0.2) is 24.4 Å². The van der Waals surface area contributed by atoms with Gasteiger partial charge in [0, 0.05) is 18.9 Å². The third kappa shape index (κ3) is 1.48. The van der Waals surface area contributed by atoms with Crippen LogP contribution in [0.1, 0.15) is 5.69 Å². The van der Waals surface area contributed by atoms with Gasteiger partial charge in [0.1, 0.15) is 0 Å². The summed E-state index contributed by atoms with van der Waals surface area (Å²) in [6.45, 7) is 0.102. The minimum absolute atomic E-state index is 0.102. The molecule has 0 amide bonds. The van der Waals surface area contributed by atoms with E-state index in [0.29, 0.717) is 0 Å². The average Bonchev–Trinajstić information content (AvgIpc) is 2.31. The summed E-state index contributed by atoms with van der Waals surface area (Å²) in [4.78, 5) is 0. The highest BCUT2D eigenvalue weighted by Crippen LogP contribution is 2.00. The summed E-state index contributed by atoms with van der Waals surface area (Å²) in [5.74, 6) is 0. The van der Waals surface area contributed by atoms with Crippen LogP contribution in [0.25, 0.3) is 6.08 Å². The molecule has 0 atom stereocenters. The van der Waals surface area contributed by atoms with Gasteiger partial charge in [-0.2, -0.15) is 0 Å². The monoisotopic (exact) mass is 137 g/mol. The molecule has 0 fully saturated rings. The number of nitrogens with zero attached hydrogens (tertiary/aromatic N) is 1. The fourth-order valence-corrected chi connectivity index (χ4v) is 0.821. The zero-order valence-corrected chi connectivity index (χ0v) is 5.99. The normalized spacial score (nSPS) is 11.0. The van der Waals surface area contributed by atoms with Crippen LogP contribution in [0.2, 0.25) is 0 Å². The minimum atomic E-state index is 0.102.